The fourth-order valence-corrected chi connectivity index (χ4v) is 3.80. The molecule has 1 aliphatic rings. The Morgan fingerprint density at radius 1 is 1.38 bits per heavy atom. The number of hydrogen-bond acceptors (Lipinski definition) is 7. The van der Waals surface area contributed by atoms with E-state index in [0.29, 0.717) is 45.5 Å². The minimum atomic E-state index is -0.287. The Morgan fingerprint density at radius 2 is 2.12 bits per heavy atom. The van der Waals surface area contributed by atoms with Gasteiger partial charge in [-0.1, -0.05) is 12.1 Å². The molecule has 0 spiro atoms. The van der Waals surface area contributed by atoms with Gasteiger partial charge in [0.15, 0.2) is 0 Å². The molecule has 1 aliphatic heterocycles. The van der Waals surface area contributed by atoms with Crippen LogP contribution in [0.1, 0.15) is 45.2 Å². The van der Waals surface area contributed by atoms with E-state index in [9.17, 15) is 14.7 Å². The van der Waals surface area contributed by atoms with E-state index >= 15 is 0 Å². The summed E-state index contributed by atoms with van der Waals surface area (Å²) in [5.74, 6) is 0.0406. The summed E-state index contributed by atoms with van der Waals surface area (Å²) in [6.07, 6.45) is 3.87. The van der Waals surface area contributed by atoms with E-state index in [1.807, 2.05) is 34.1 Å². The van der Waals surface area contributed by atoms with Gasteiger partial charge in [0.25, 0.3) is 0 Å². The van der Waals surface area contributed by atoms with Crippen molar-refractivity contribution in [3.63, 3.8) is 0 Å². The molecule has 182 valence electrons. The number of carbonyl (C=O) groups excluding carboxylic acids is 2. The Balaban J connectivity index is 2.13. The predicted molar refractivity (Wildman–Crippen MR) is 121 cm³/mol. The first-order chi connectivity index (χ1) is 15.2. The fourth-order valence-electron chi connectivity index (χ4n) is 3.80. The van der Waals surface area contributed by atoms with Crippen molar-refractivity contribution in [1.29, 1.82) is 0 Å². The highest BCUT2D eigenvalue weighted by atomic mass is 16.5. The van der Waals surface area contributed by atoms with Crippen LogP contribution >= 0.6 is 0 Å². The lowest BCUT2D eigenvalue weighted by Gasteiger charge is -2.35. The van der Waals surface area contributed by atoms with Crippen LogP contribution in [0.15, 0.2) is 6.20 Å². The summed E-state index contributed by atoms with van der Waals surface area (Å²) >= 11 is 0. The van der Waals surface area contributed by atoms with Crippen molar-refractivity contribution in [1.82, 2.24) is 29.7 Å². The van der Waals surface area contributed by atoms with Gasteiger partial charge < -0.3 is 24.5 Å². The normalized spacial score (nSPS) is 21.6. The summed E-state index contributed by atoms with van der Waals surface area (Å²) in [7, 11) is 5.78. The molecule has 2 heterocycles. The van der Waals surface area contributed by atoms with E-state index in [1.54, 1.807) is 21.5 Å². The molecule has 2 amide bonds. The largest absolute Gasteiger partial charge is 0.394 e. The van der Waals surface area contributed by atoms with Crippen LogP contribution in [0.4, 0.5) is 0 Å². The molecule has 3 atom stereocenters. The lowest BCUT2D eigenvalue weighted by Crippen LogP contribution is -2.47. The zero-order valence-corrected chi connectivity index (χ0v) is 20.2. The van der Waals surface area contributed by atoms with Crippen LogP contribution in [0.25, 0.3) is 0 Å². The molecular weight excluding hydrogens is 412 g/mol. The standard InChI is InChI=1S/C22H40N6O4/c1-17-12-28(18(2)15-29)22(31)9-7-11-27-13-19(23-24-27)16-32-20(17)14-26(5)21(30)8-6-10-25(3)4/h13,17-18,20,29H,6-12,14-16H2,1-5H3/t17-,18-,20-/m0/s1. The van der Waals surface area contributed by atoms with E-state index in [1.165, 1.54) is 0 Å². The second kappa shape index (κ2) is 12.9. The van der Waals surface area contributed by atoms with E-state index < -0.39 is 0 Å². The Morgan fingerprint density at radius 3 is 2.81 bits per heavy atom. The number of likely N-dealkylation sites (N-methyl/N-ethyl adjacent to an activating group) is 1. The van der Waals surface area contributed by atoms with Crippen molar-refractivity contribution in [2.24, 2.45) is 5.92 Å². The van der Waals surface area contributed by atoms with Gasteiger partial charge >= 0.3 is 0 Å². The Kier molecular flexibility index (Phi) is 10.5. The molecule has 1 aromatic rings. The van der Waals surface area contributed by atoms with Crippen LogP contribution in [0.3, 0.4) is 0 Å². The minimum absolute atomic E-state index is 0.00449. The molecule has 0 aliphatic carbocycles. The highest BCUT2D eigenvalue weighted by Crippen LogP contribution is 2.18. The average Bonchev–Trinajstić information content (AvgIpc) is 3.20. The first kappa shape index (κ1) is 26.2. The van der Waals surface area contributed by atoms with E-state index in [2.05, 4.69) is 15.2 Å². The minimum Gasteiger partial charge on any atom is -0.394 e. The van der Waals surface area contributed by atoms with E-state index in [4.69, 9.17) is 4.74 Å². The Labute approximate surface area is 191 Å². The van der Waals surface area contributed by atoms with Crippen LogP contribution < -0.4 is 0 Å². The molecule has 0 saturated carbocycles. The van der Waals surface area contributed by atoms with Gasteiger partial charge in [-0.15, -0.1) is 5.10 Å². The number of amides is 2. The summed E-state index contributed by atoms with van der Waals surface area (Å²) in [4.78, 5) is 31.0. The van der Waals surface area contributed by atoms with Crippen LogP contribution in [0.2, 0.25) is 0 Å². The molecule has 0 saturated heterocycles. The number of aryl methyl sites for hydroxylation is 1. The first-order valence-electron chi connectivity index (χ1n) is 11.5. The lowest BCUT2D eigenvalue weighted by molar-refractivity contribution is -0.138. The maximum absolute atomic E-state index is 12.9. The summed E-state index contributed by atoms with van der Waals surface area (Å²) in [6, 6.07) is -0.279. The molecule has 10 heteroatoms. The maximum atomic E-state index is 12.9. The number of nitrogens with zero attached hydrogens (tertiary/aromatic N) is 6. The van der Waals surface area contributed by atoms with Gasteiger partial charge in [-0.05, 0) is 40.4 Å². The number of aliphatic hydroxyl groups excluding tert-OH is 1. The summed E-state index contributed by atoms with van der Waals surface area (Å²) in [5.41, 5.74) is 0.730. The SMILES string of the molecule is C[C@H]1CN([C@@H](C)CO)C(=O)CCCn2cc(nn2)CO[C@H]1CN(C)C(=O)CCCN(C)C. The van der Waals surface area contributed by atoms with Crippen LogP contribution in [0.5, 0.6) is 0 Å². The summed E-state index contributed by atoms with van der Waals surface area (Å²) in [5, 5.41) is 18.0. The Hall–Kier alpha value is -2.04. The van der Waals surface area contributed by atoms with Crippen LogP contribution in [0, 0.1) is 5.92 Å². The number of aromatic nitrogens is 3. The van der Waals surface area contributed by atoms with Gasteiger partial charge in [-0.3, -0.25) is 14.3 Å². The van der Waals surface area contributed by atoms with Crippen molar-refractivity contribution in [3.8, 4) is 0 Å². The first-order valence-corrected chi connectivity index (χ1v) is 11.5. The van der Waals surface area contributed by atoms with Gasteiger partial charge in [0.1, 0.15) is 5.69 Å². The van der Waals surface area contributed by atoms with Gasteiger partial charge in [0.05, 0.1) is 31.6 Å². The summed E-state index contributed by atoms with van der Waals surface area (Å²) < 4.78 is 7.93. The van der Waals surface area contributed by atoms with Gasteiger partial charge in [-0.25, -0.2) is 0 Å². The topological polar surface area (TPSA) is 104 Å². The average molecular weight is 453 g/mol. The maximum Gasteiger partial charge on any atom is 0.222 e. The van der Waals surface area contributed by atoms with Crippen molar-refractivity contribution in [2.45, 2.75) is 64.8 Å². The molecule has 1 N–H and O–H groups in total. The number of carbonyl (C=O) groups is 2. The third-order valence-electron chi connectivity index (χ3n) is 5.92. The van der Waals surface area contributed by atoms with Crippen molar-refractivity contribution >= 4 is 11.8 Å². The Bertz CT molecular complexity index is 725. The highest BCUT2D eigenvalue weighted by Gasteiger charge is 2.28. The van der Waals surface area contributed by atoms with Crippen LogP contribution in [-0.2, 0) is 27.5 Å². The van der Waals surface area contributed by atoms with Gasteiger partial charge in [0.2, 0.25) is 11.8 Å². The molecule has 2 rings (SSSR count). The molecule has 32 heavy (non-hydrogen) atoms. The molecule has 0 aromatic carbocycles. The number of aliphatic hydroxyl groups is 1. The smallest absolute Gasteiger partial charge is 0.222 e. The lowest BCUT2D eigenvalue weighted by atomic mass is 10.0. The number of hydrogen-bond donors (Lipinski definition) is 1. The monoisotopic (exact) mass is 452 g/mol. The predicted octanol–water partition coefficient (Wildman–Crippen LogP) is 0.603. The van der Waals surface area contributed by atoms with Gasteiger partial charge in [0, 0.05) is 45.4 Å². The molecule has 0 radical (unpaired) electrons. The third kappa shape index (κ3) is 8.14. The molecule has 0 fully saturated rings. The zero-order chi connectivity index (χ0) is 23.7. The number of rotatable bonds is 8. The van der Waals surface area contributed by atoms with Crippen LogP contribution in [-0.4, -0.2) is 106 Å². The molecule has 0 unspecified atom stereocenters. The quantitative estimate of drug-likeness (QED) is 0.616. The molecular formula is C22H40N6O4. The van der Waals surface area contributed by atoms with Gasteiger partial charge in [-0.2, -0.15) is 0 Å². The van der Waals surface area contributed by atoms with E-state index in [0.717, 1.165) is 18.7 Å². The second-order valence-electron chi connectivity index (χ2n) is 9.16. The molecule has 1 aromatic heterocycles. The molecule has 2 bridgehead atoms. The fraction of sp³-hybridized carbons (Fsp3) is 0.818. The number of ether oxygens (including phenoxy) is 1. The van der Waals surface area contributed by atoms with Crippen molar-refractivity contribution in [3.05, 3.63) is 11.9 Å². The van der Waals surface area contributed by atoms with Crippen molar-refractivity contribution in [2.75, 3.05) is 47.4 Å². The second-order valence-corrected chi connectivity index (χ2v) is 9.16. The zero-order valence-electron chi connectivity index (χ0n) is 20.2. The highest BCUT2D eigenvalue weighted by molar-refractivity contribution is 5.76. The van der Waals surface area contributed by atoms with E-state index in [-0.39, 0.29) is 36.5 Å². The number of fused-ring (bicyclic) bond motifs is 2. The van der Waals surface area contributed by atoms with Crippen molar-refractivity contribution < 1.29 is 19.4 Å². The third-order valence-corrected chi connectivity index (χ3v) is 5.92. The summed E-state index contributed by atoms with van der Waals surface area (Å²) in [6.45, 7) is 6.41. The molecule has 10 nitrogen and oxygen atoms in total.